The van der Waals surface area contributed by atoms with Gasteiger partial charge in [0.05, 0.1) is 24.5 Å². The van der Waals surface area contributed by atoms with Crippen molar-refractivity contribution in [2.45, 2.75) is 25.4 Å². The Labute approximate surface area is 169 Å². The third-order valence-corrected chi connectivity index (χ3v) is 4.81. The van der Waals surface area contributed by atoms with Gasteiger partial charge in [-0.15, -0.1) is 5.10 Å². The van der Waals surface area contributed by atoms with Crippen LogP contribution >= 0.6 is 0 Å². The van der Waals surface area contributed by atoms with E-state index in [0.717, 1.165) is 11.5 Å². The Balaban J connectivity index is 1.68. The fourth-order valence-electron chi connectivity index (χ4n) is 3.16. The lowest BCUT2D eigenvalue weighted by molar-refractivity contribution is -0.140. The van der Waals surface area contributed by atoms with Crippen LogP contribution in [0.2, 0.25) is 0 Å². The molecule has 3 N–H and O–H groups in total. The number of nitrogens with zero attached hydrogens (tertiary/aromatic N) is 2. The molecular formula is C20H18F4N4O2. The zero-order valence-electron chi connectivity index (χ0n) is 15.8. The Bertz CT molecular complexity index is 1090. The fraction of sp³-hybridized carbons (Fsp3) is 0.300. The lowest BCUT2D eigenvalue weighted by Gasteiger charge is -2.27. The molecule has 0 radical (unpaired) electrons. The van der Waals surface area contributed by atoms with Gasteiger partial charge in [-0.05, 0) is 31.2 Å². The van der Waals surface area contributed by atoms with Crippen LogP contribution in [0.1, 0.15) is 23.0 Å². The number of anilines is 1. The van der Waals surface area contributed by atoms with E-state index < -0.39 is 23.7 Å². The Morgan fingerprint density at radius 2 is 1.93 bits per heavy atom. The summed E-state index contributed by atoms with van der Waals surface area (Å²) in [6.07, 6.45) is -6.15. The lowest BCUT2D eigenvalue weighted by atomic mass is 10.1. The van der Waals surface area contributed by atoms with Crippen LogP contribution in [-0.4, -0.2) is 29.5 Å². The fourth-order valence-corrected chi connectivity index (χ4v) is 3.16. The van der Waals surface area contributed by atoms with Gasteiger partial charge < -0.3 is 20.5 Å². The molecule has 0 bridgehead atoms. The van der Waals surface area contributed by atoms with Crippen molar-refractivity contribution in [2.24, 2.45) is 5.73 Å². The molecule has 2 heterocycles. The number of nitrogens with two attached hydrogens (primary N) is 1. The Hall–Kier alpha value is -2.98. The molecule has 2 aromatic carbocycles. The van der Waals surface area contributed by atoms with Crippen LogP contribution in [0.25, 0.3) is 10.8 Å². The van der Waals surface area contributed by atoms with E-state index in [2.05, 4.69) is 15.5 Å². The number of hydrogen-bond acceptors (Lipinski definition) is 6. The van der Waals surface area contributed by atoms with Crippen LogP contribution in [0, 0.1) is 12.7 Å². The van der Waals surface area contributed by atoms with E-state index in [1.807, 2.05) is 0 Å². The number of hydrogen-bond donors (Lipinski definition) is 2. The van der Waals surface area contributed by atoms with Gasteiger partial charge in [-0.3, -0.25) is 0 Å². The first kappa shape index (κ1) is 20.3. The largest absolute Gasteiger partial charge is 0.486 e. The van der Waals surface area contributed by atoms with Crippen LogP contribution in [0.3, 0.4) is 0 Å². The second-order valence-electron chi connectivity index (χ2n) is 6.95. The van der Waals surface area contributed by atoms with Crippen LogP contribution in [0.15, 0.2) is 36.4 Å². The highest BCUT2D eigenvalue weighted by molar-refractivity contribution is 5.94. The minimum atomic E-state index is -4.83. The highest BCUT2D eigenvalue weighted by Gasteiger charge is 2.35. The van der Waals surface area contributed by atoms with Crippen molar-refractivity contribution >= 4 is 16.6 Å². The maximum Gasteiger partial charge on any atom is 0.419 e. The molecule has 6 nitrogen and oxygen atoms in total. The number of alkyl halides is 3. The van der Waals surface area contributed by atoms with E-state index >= 15 is 0 Å². The number of aromatic nitrogens is 2. The van der Waals surface area contributed by atoms with Gasteiger partial charge in [-0.1, -0.05) is 12.1 Å². The molecule has 3 aromatic rings. The molecule has 0 aliphatic carbocycles. The smallest absolute Gasteiger partial charge is 0.419 e. The molecule has 1 fully saturated rings. The summed E-state index contributed by atoms with van der Waals surface area (Å²) in [5.74, 6) is -0.649. The second-order valence-corrected chi connectivity index (χ2v) is 6.95. The standard InChI is InChI=1S/C20H18F4N4O2/c1-10-13-6-5-11(30-12-8-29-9-12)7-15(13)19(28-27-10)26-18(25)14-3-2-4-16(17(14)21)20(22,23)24/h2-7,12,18H,8-9,25H2,1H3,(H,26,28)/t18-/m0/s1. The molecule has 1 atom stereocenters. The van der Waals surface area contributed by atoms with E-state index in [0.29, 0.717) is 36.1 Å². The number of nitrogens with one attached hydrogen (secondary N) is 1. The molecule has 4 rings (SSSR count). The molecule has 0 amide bonds. The Morgan fingerprint density at radius 1 is 1.17 bits per heavy atom. The quantitative estimate of drug-likeness (QED) is 0.479. The summed E-state index contributed by atoms with van der Waals surface area (Å²) in [6, 6.07) is 8.28. The predicted octanol–water partition coefficient (Wildman–Crippen LogP) is 3.94. The highest BCUT2D eigenvalue weighted by atomic mass is 19.4. The minimum Gasteiger partial charge on any atom is -0.486 e. The molecule has 1 aromatic heterocycles. The van der Waals surface area contributed by atoms with Gasteiger partial charge in [0.15, 0.2) is 5.82 Å². The van der Waals surface area contributed by atoms with Crippen molar-refractivity contribution in [1.82, 2.24) is 10.2 Å². The minimum absolute atomic E-state index is 0.0452. The second kappa shape index (κ2) is 7.69. The lowest BCUT2D eigenvalue weighted by Crippen LogP contribution is -2.38. The van der Waals surface area contributed by atoms with Gasteiger partial charge in [0, 0.05) is 16.3 Å². The third kappa shape index (κ3) is 3.88. The number of fused-ring (bicyclic) bond motifs is 1. The number of halogens is 4. The van der Waals surface area contributed by atoms with Crippen LogP contribution in [0.5, 0.6) is 5.75 Å². The summed E-state index contributed by atoms with van der Waals surface area (Å²) in [6.45, 7) is 2.76. The number of benzene rings is 2. The molecule has 0 saturated carbocycles. The zero-order chi connectivity index (χ0) is 21.5. The predicted molar refractivity (Wildman–Crippen MR) is 101 cm³/mol. The average Bonchev–Trinajstić information content (AvgIpc) is 2.66. The van der Waals surface area contributed by atoms with Crippen molar-refractivity contribution in [3.8, 4) is 5.75 Å². The molecule has 1 aliphatic heterocycles. The van der Waals surface area contributed by atoms with E-state index in [-0.39, 0.29) is 17.5 Å². The van der Waals surface area contributed by atoms with Crippen molar-refractivity contribution in [3.05, 3.63) is 59.0 Å². The Kier molecular flexibility index (Phi) is 5.20. The van der Waals surface area contributed by atoms with Gasteiger partial charge >= 0.3 is 6.18 Å². The summed E-state index contributed by atoms with van der Waals surface area (Å²) in [4.78, 5) is 0. The topological polar surface area (TPSA) is 82.3 Å². The molecule has 1 aliphatic rings. The SMILES string of the molecule is Cc1nnc(N[C@H](N)c2cccc(C(F)(F)F)c2F)c2cc(OC3COC3)ccc12. The summed E-state index contributed by atoms with van der Waals surface area (Å²) in [7, 11) is 0. The van der Waals surface area contributed by atoms with Crippen molar-refractivity contribution in [1.29, 1.82) is 0 Å². The van der Waals surface area contributed by atoms with E-state index in [4.69, 9.17) is 15.2 Å². The molecule has 30 heavy (non-hydrogen) atoms. The number of ether oxygens (including phenoxy) is 2. The summed E-state index contributed by atoms with van der Waals surface area (Å²) in [5.41, 5.74) is 4.92. The first-order valence-electron chi connectivity index (χ1n) is 9.13. The van der Waals surface area contributed by atoms with E-state index in [9.17, 15) is 17.6 Å². The zero-order valence-corrected chi connectivity index (χ0v) is 15.8. The molecule has 10 heteroatoms. The molecule has 0 unspecified atom stereocenters. The van der Waals surface area contributed by atoms with E-state index in [1.165, 1.54) is 6.07 Å². The molecule has 158 valence electrons. The first-order valence-corrected chi connectivity index (χ1v) is 9.13. The summed E-state index contributed by atoms with van der Waals surface area (Å²) < 4.78 is 64.4. The van der Waals surface area contributed by atoms with Crippen LogP contribution in [-0.2, 0) is 10.9 Å². The van der Waals surface area contributed by atoms with E-state index in [1.54, 1.807) is 25.1 Å². The average molecular weight is 422 g/mol. The monoisotopic (exact) mass is 422 g/mol. The molecule has 0 spiro atoms. The Morgan fingerprint density at radius 3 is 2.60 bits per heavy atom. The van der Waals surface area contributed by atoms with Gasteiger partial charge in [0.2, 0.25) is 0 Å². The normalized spacial score (nSPS) is 15.7. The van der Waals surface area contributed by atoms with Gasteiger partial charge in [-0.2, -0.15) is 18.3 Å². The number of aryl methyl sites for hydroxylation is 1. The summed E-state index contributed by atoms with van der Waals surface area (Å²) >= 11 is 0. The van der Waals surface area contributed by atoms with Crippen LogP contribution < -0.4 is 15.8 Å². The van der Waals surface area contributed by atoms with Gasteiger partial charge in [-0.25, -0.2) is 4.39 Å². The van der Waals surface area contributed by atoms with Gasteiger partial charge in [0.25, 0.3) is 0 Å². The highest BCUT2D eigenvalue weighted by Crippen LogP contribution is 2.34. The molecule has 1 saturated heterocycles. The third-order valence-electron chi connectivity index (χ3n) is 4.81. The molecular weight excluding hydrogens is 404 g/mol. The van der Waals surface area contributed by atoms with Crippen LogP contribution in [0.4, 0.5) is 23.4 Å². The van der Waals surface area contributed by atoms with Crippen molar-refractivity contribution in [2.75, 3.05) is 18.5 Å². The van der Waals surface area contributed by atoms with Crippen molar-refractivity contribution < 1.29 is 27.0 Å². The summed E-state index contributed by atoms with van der Waals surface area (Å²) in [5, 5.41) is 12.2. The number of rotatable bonds is 5. The first-order chi connectivity index (χ1) is 14.2. The van der Waals surface area contributed by atoms with Crippen molar-refractivity contribution in [3.63, 3.8) is 0 Å². The van der Waals surface area contributed by atoms with Gasteiger partial charge in [0.1, 0.15) is 23.8 Å². The maximum atomic E-state index is 14.4. The maximum absolute atomic E-state index is 14.4.